The average Bonchev–Trinajstić information content (AvgIpc) is 2.45. The molecule has 7 nitrogen and oxygen atoms in total. The average molecular weight is 278 g/mol. The summed E-state index contributed by atoms with van der Waals surface area (Å²) in [6.45, 7) is -0.399. The Morgan fingerprint density at radius 1 is 1.35 bits per heavy atom. The van der Waals surface area contributed by atoms with E-state index in [-0.39, 0.29) is 19.7 Å². The number of amides is 2. The number of nitrogens with zero attached hydrogens (tertiary/aromatic N) is 1. The van der Waals surface area contributed by atoms with E-state index < -0.39 is 24.0 Å². The van der Waals surface area contributed by atoms with Crippen molar-refractivity contribution in [3.8, 4) is 0 Å². The van der Waals surface area contributed by atoms with E-state index in [1.807, 2.05) is 6.07 Å². The number of ether oxygens (including phenoxy) is 1. The fourth-order valence-electron chi connectivity index (χ4n) is 1.86. The molecule has 20 heavy (non-hydrogen) atoms. The summed E-state index contributed by atoms with van der Waals surface area (Å²) in [7, 11) is 0. The molecule has 0 aliphatic carbocycles. The first kappa shape index (κ1) is 13.9. The van der Waals surface area contributed by atoms with Gasteiger partial charge in [-0.1, -0.05) is 30.3 Å². The van der Waals surface area contributed by atoms with Crippen molar-refractivity contribution in [3.63, 3.8) is 0 Å². The molecule has 1 aliphatic rings. The van der Waals surface area contributed by atoms with Gasteiger partial charge in [-0.05, 0) is 5.56 Å². The molecule has 1 aromatic rings. The zero-order valence-corrected chi connectivity index (χ0v) is 10.6. The molecule has 2 rings (SSSR count). The van der Waals surface area contributed by atoms with Crippen LogP contribution in [0, 0.1) is 0 Å². The van der Waals surface area contributed by atoms with Gasteiger partial charge in [0.15, 0.2) is 6.04 Å². The number of nitrogens with one attached hydrogen (secondary N) is 1. The van der Waals surface area contributed by atoms with Crippen LogP contribution in [-0.4, -0.2) is 47.1 Å². The van der Waals surface area contributed by atoms with Gasteiger partial charge in [0.1, 0.15) is 13.2 Å². The van der Waals surface area contributed by atoms with Crippen LogP contribution >= 0.6 is 0 Å². The molecule has 1 aromatic carbocycles. The van der Waals surface area contributed by atoms with Gasteiger partial charge < -0.3 is 15.2 Å². The second kappa shape index (κ2) is 6.05. The van der Waals surface area contributed by atoms with Crippen molar-refractivity contribution < 1.29 is 24.2 Å². The van der Waals surface area contributed by atoms with Gasteiger partial charge in [-0.15, -0.1) is 0 Å². The summed E-state index contributed by atoms with van der Waals surface area (Å²) in [4.78, 5) is 35.1. The molecule has 106 valence electrons. The van der Waals surface area contributed by atoms with Crippen LogP contribution in [0.15, 0.2) is 30.3 Å². The number of hydrogen-bond donors (Lipinski definition) is 2. The Balaban J connectivity index is 1.98. The van der Waals surface area contributed by atoms with Gasteiger partial charge in [-0.25, -0.2) is 9.59 Å². The zero-order valence-electron chi connectivity index (χ0n) is 10.6. The largest absolute Gasteiger partial charge is 0.480 e. The van der Waals surface area contributed by atoms with E-state index in [2.05, 4.69) is 5.32 Å². The van der Waals surface area contributed by atoms with Crippen LogP contribution in [0.4, 0.5) is 4.79 Å². The van der Waals surface area contributed by atoms with E-state index in [1.54, 1.807) is 24.3 Å². The van der Waals surface area contributed by atoms with Gasteiger partial charge in [-0.3, -0.25) is 9.69 Å². The Labute approximate surface area is 115 Å². The van der Waals surface area contributed by atoms with Gasteiger partial charge >= 0.3 is 12.1 Å². The number of benzene rings is 1. The standard InChI is InChI=1S/C13H14N2O5/c16-11-7-15(10(6-14-11)12(17)18)13(19)20-8-9-4-2-1-3-5-9/h1-5,10H,6-8H2,(H,14,16)(H,17,18). The lowest BCUT2D eigenvalue weighted by atomic mass is 10.2. The van der Waals surface area contributed by atoms with E-state index in [0.29, 0.717) is 0 Å². The molecule has 0 radical (unpaired) electrons. The smallest absolute Gasteiger partial charge is 0.411 e. The number of rotatable bonds is 3. The van der Waals surface area contributed by atoms with Crippen molar-refractivity contribution in [2.45, 2.75) is 12.6 Å². The minimum atomic E-state index is -1.18. The maximum Gasteiger partial charge on any atom is 0.411 e. The third-order valence-corrected chi connectivity index (χ3v) is 2.91. The highest BCUT2D eigenvalue weighted by Gasteiger charge is 2.36. The van der Waals surface area contributed by atoms with Crippen LogP contribution in [0.1, 0.15) is 5.56 Å². The third-order valence-electron chi connectivity index (χ3n) is 2.91. The van der Waals surface area contributed by atoms with E-state index in [1.165, 1.54) is 0 Å². The molecule has 1 heterocycles. The van der Waals surface area contributed by atoms with Crippen molar-refractivity contribution in [1.29, 1.82) is 0 Å². The first-order chi connectivity index (χ1) is 9.58. The van der Waals surface area contributed by atoms with Crippen molar-refractivity contribution in [3.05, 3.63) is 35.9 Å². The molecule has 0 bridgehead atoms. The number of aliphatic carboxylic acids is 1. The second-order valence-corrected chi connectivity index (χ2v) is 4.33. The maximum atomic E-state index is 11.9. The number of carboxylic acid groups (broad SMARTS) is 1. The van der Waals surface area contributed by atoms with Crippen molar-refractivity contribution in [2.75, 3.05) is 13.1 Å². The van der Waals surface area contributed by atoms with Gasteiger partial charge in [0.05, 0.1) is 0 Å². The van der Waals surface area contributed by atoms with Crippen LogP contribution < -0.4 is 5.32 Å². The number of carboxylic acids is 1. The minimum Gasteiger partial charge on any atom is -0.480 e. The fourth-order valence-corrected chi connectivity index (χ4v) is 1.86. The molecule has 1 unspecified atom stereocenters. The van der Waals surface area contributed by atoms with Crippen LogP contribution in [0.25, 0.3) is 0 Å². The van der Waals surface area contributed by atoms with Crippen LogP contribution in [0.2, 0.25) is 0 Å². The highest BCUT2D eigenvalue weighted by Crippen LogP contribution is 2.09. The van der Waals surface area contributed by atoms with E-state index in [4.69, 9.17) is 9.84 Å². The van der Waals surface area contributed by atoms with Gasteiger partial charge in [-0.2, -0.15) is 0 Å². The van der Waals surface area contributed by atoms with Crippen molar-refractivity contribution >= 4 is 18.0 Å². The number of carbonyl (C=O) groups excluding carboxylic acids is 2. The lowest BCUT2D eigenvalue weighted by Crippen LogP contribution is -2.59. The van der Waals surface area contributed by atoms with Gasteiger partial charge in [0, 0.05) is 6.54 Å². The van der Waals surface area contributed by atoms with Crippen molar-refractivity contribution in [2.24, 2.45) is 0 Å². The molecular weight excluding hydrogens is 264 g/mol. The molecule has 7 heteroatoms. The monoisotopic (exact) mass is 278 g/mol. The Kier molecular flexibility index (Phi) is 4.19. The Morgan fingerprint density at radius 2 is 2.05 bits per heavy atom. The highest BCUT2D eigenvalue weighted by molar-refractivity contribution is 5.89. The summed E-state index contributed by atoms with van der Waals surface area (Å²) in [5, 5.41) is 11.4. The Bertz CT molecular complexity index is 517. The SMILES string of the molecule is O=C1CN(C(=O)OCc2ccccc2)C(C(=O)O)CN1. The first-order valence-electron chi connectivity index (χ1n) is 6.05. The molecule has 1 atom stereocenters. The van der Waals surface area contributed by atoms with E-state index in [0.717, 1.165) is 10.5 Å². The van der Waals surface area contributed by atoms with Gasteiger partial charge in [0.2, 0.25) is 5.91 Å². The van der Waals surface area contributed by atoms with Crippen molar-refractivity contribution in [1.82, 2.24) is 10.2 Å². The number of hydrogen-bond acceptors (Lipinski definition) is 4. The van der Waals surface area contributed by atoms with Crippen LogP contribution in [0.5, 0.6) is 0 Å². The summed E-state index contributed by atoms with van der Waals surface area (Å²) in [5.74, 6) is -1.58. The van der Waals surface area contributed by atoms with Crippen LogP contribution in [-0.2, 0) is 20.9 Å². The topological polar surface area (TPSA) is 95.9 Å². The molecule has 2 amide bonds. The normalized spacial score (nSPS) is 18.3. The summed E-state index contributed by atoms with van der Waals surface area (Å²) in [6.07, 6.45) is -0.809. The van der Waals surface area contributed by atoms with E-state index in [9.17, 15) is 14.4 Å². The third kappa shape index (κ3) is 3.25. The van der Waals surface area contributed by atoms with Crippen LogP contribution in [0.3, 0.4) is 0 Å². The summed E-state index contributed by atoms with van der Waals surface area (Å²) in [5.41, 5.74) is 0.786. The first-order valence-corrected chi connectivity index (χ1v) is 6.05. The Morgan fingerprint density at radius 3 is 2.70 bits per heavy atom. The molecular formula is C13H14N2O5. The second-order valence-electron chi connectivity index (χ2n) is 4.33. The molecule has 1 fully saturated rings. The quantitative estimate of drug-likeness (QED) is 0.824. The number of piperazine rings is 1. The minimum absolute atomic E-state index is 0.0319. The lowest BCUT2D eigenvalue weighted by molar-refractivity contribution is -0.145. The molecule has 0 aromatic heterocycles. The van der Waals surface area contributed by atoms with E-state index >= 15 is 0 Å². The maximum absolute atomic E-state index is 11.9. The number of carbonyl (C=O) groups is 3. The summed E-state index contributed by atoms with van der Waals surface area (Å²) >= 11 is 0. The predicted octanol–water partition coefficient (Wildman–Crippen LogP) is 0.208. The molecule has 0 saturated carbocycles. The lowest BCUT2D eigenvalue weighted by Gasteiger charge is -2.31. The predicted molar refractivity (Wildman–Crippen MR) is 67.8 cm³/mol. The van der Waals surface area contributed by atoms with Gasteiger partial charge in [0.25, 0.3) is 0 Å². The molecule has 0 spiro atoms. The zero-order chi connectivity index (χ0) is 14.5. The molecule has 2 N–H and O–H groups in total. The molecule has 1 aliphatic heterocycles. The fraction of sp³-hybridized carbons (Fsp3) is 0.308. The Hall–Kier alpha value is -2.57. The summed E-state index contributed by atoms with van der Waals surface area (Å²) < 4.78 is 5.04. The highest BCUT2D eigenvalue weighted by atomic mass is 16.6. The summed E-state index contributed by atoms with van der Waals surface area (Å²) in [6, 6.07) is 7.90. The molecule has 1 saturated heterocycles.